The smallest absolute Gasteiger partial charge is 0.119 e. The predicted octanol–water partition coefficient (Wildman–Crippen LogP) is 3.52. The minimum absolute atomic E-state index is 0.0908. The molecule has 0 unspecified atom stereocenters. The number of ether oxygens (including phenoxy) is 1. The Hall–Kier alpha value is -1.02. The SMILES string of the molecule is CCC(CC)COc1ccc([C@@H](C)N)cc1. The third-order valence-corrected chi connectivity index (χ3v) is 3.05. The Morgan fingerprint density at radius 2 is 1.69 bits per heavy atom. The Kier molecular flexibility index (Phi) is 5.33. The lowest BCUT2D eigenvalue weighted by Gasteiger charge is -2.14. The van der Waals surface area contributed by atoms with E-state index in [2.05, 4.69) is 13.8 Å². The summed E-state index contributed by atoms with van der Waals surface area (Å²) >= 11 is 0. The van der Waals surface area contributed by atoms with Gasteiger partial charge in [0.25, 0.3) is 0 Å². The summed E-state index contributed by atoms with van der Waals surface area (Å²) in [6, 6.07) is 8.16. The van der Waals surface area contributed by atoms with Crippen molar-refractivity contribution in [3.8, 4) is 5.75 Å². The molecule has 1 aromatic rings. The maximum absolute atomic E-state index is 5.79. The molecule has 1 atom stereocenters. The molecule has 0 spiro atoms. The second-order valence-corrected chi connectivity index (χ2v) is 4.35. The lowest BCUT2D eigenvalue weighted by Crippen LogP contribution is -2.10. The lowest BCUT2D eigenvalue weighted by atomic mass is 10.1. The van der Waals surface area contributed by atoms with E-state index in [1.165, 1.54) is 12.8 Å². The van der Waals surface area contributed by atoms with Crippen molar-refractivity contribution in [3.63, 3.8) is 0 Å². The average Bonchev–Trinajstić information content (AvgIpc) is 2.31. The highest BCUT2D eigenvalue weighted by Gasteiger charge is 2.04. The summed E-state index contributed by atoms with van der Waals surface area (Å²) in [5.41, 5.74) is 6.94. The van der Waals surface area contributed by atoms with Gasteiger partial charge in [-0.3, -0.25) is 0 Å². The highest BCUT2D eigenvalue weighted by molar-refractivity contribution is 5.28. The van der Waals surface area contributed by atoms with Crippen molar-refractivity contribution in [2.75, 3.05) is 6.61 Å². The third-order valence-electron chi connectivity index (χ3n) is 3.05. The minimum Gasteiger partial charge on any atom is -0.493 e. The Bertz CT molecular complexity index is 288. The molecule has 0 fully saturated rings. The van der Waals surface area contributed by atoms with Gasteiger partial charge in [0, 0.05) is 6.04 Å². The average molecular weight is 221 g/mol. The van der Waals surface area contributed by atoms with Crippen LogP contribution in [0.15, 0.2) is 24.3 Å². The van der Waals surface area contributed by atoms with Gasteiger partial charge in [-0.1, -0.05) is 38.8 Å². The number of nitrogens with two attached hydrogens (primary N) is 1. The van der Waals surface area contributed by atoms with Gasteiger partial charge >= 0.3 is 0 Å². The molecule has 1 rings (SSSR count). The van der Waals surface area contributed by atoms with Crippen LogP contribution in [0, 0.1) is 5.92 Å². The molecular formula is C14H23NO. The van der Waals surface area contributed by atoms with E-state index < -0.39 is 0 Å². The van der Waals surface area contributed by atoms with Gasteiger partial charge in [0.05, 0.1) is 6.61 Å². The zero-order valence-electron chi connectivity index (χ0n) is 10.6. The lowest BCUT2D eigenvalue weighted by molar-refractivity contribution is 0.240. The van der Waals surface area contributed by atoms with Crippen molar-refractivity contribution in [1.29, 1.82) is 0 Å². The molecule has 2 N–H and O–H groups in total. The molecular weight excluding hydrogens is 198 g/mol. The van der Waals surface area contributed by atoms with Crippen LogP contribution in [0.2, 0.25) is 0 Å². The fourth-order valence-electron chi connectivity index (χ4n) is 1.61. The molecule has 0 radical (unpaired) electrons. The van der Waals surface area contributed by atoms with Crippen molar-refractivity contribution in [1.82, 2.24) is 0 Å². The number of benzene rings is 1. The quantitative estimate of drug-likeness (QED) is 0.797. The Morgan fingerprint density at radius 1 is 1.12 bits per heavy atom. The normalized spacial score (nSPS) is 12.8. The third kappa shape index (κ3) is 3.86. The van der Waals surface area contributed by atoms with Gasteiger partial charge in [-0.15, -0.1) is 0 Å². The molecule has 1 aromatic carbocycles. The van der Waals surface area contributed by atoms with Crippen molar-refractivity contribution in [2.24, 2.45) is 11.7 Å². The number of hydrogen-bond acceptors (Lipinski definition) is 2. The molecule has 0 aliphatic heterocycles. The predicted molar refractivity (Wildman–Crippen MR) is 68.6 cm³/mol. The molecule has 0 aromatic heterocycles. The van der Waals surface area contributed by atoms with Crippen LogP contribution in [0.4, 0.5) is 0 Å². The summed E-state index contributed by atoms with van der Waals surface area (Å²) in [4.78, 5) is 0. The minimum atomic E-state index is 0.0908. The maximum Gasteiger partial charge on any atom is 0.119 e. The van der Waals surface area contributed by atoms with Gasteiger partial charge in [-0.05, 0) is 30.5 Å². The second kappa shape index (κ2) is 6.54. The van der Waals surface area contributed by atoms with Gasteiger partial charge in [0.1, 0.15) is 5.75 Å². The van der Waals surface area contributed by atoms with Crippen molar-refractivity contribution >= 4 is 0 Å². The second-order valence-electron chi connectivity index (χ2n) is 4.35. The van der Waals surface area contributed by atoms with Crippen LogP contribution in [-0.2, 0) is 0 Å². The van der Waals surface area contributed by atoms with E-state index in [9.17, 15) is 0 Å². The van der Waals surface area contributed by atoms with Crippen molar-refractivity contribution < 1.29 is 4.74 Å². The molecule has 2 heteroatoms. The van der Waals surface area contributed by atoms with Crippen LogP contribution in [0.3, 0.4) is 0 Å². The van der Waals surface area contributed by atoms with E-state index in [1.54, 1.807) is 0 Å². The molecule has 0 heterocycles. The highest BCUT2D eigenvalue weighted by Crippen LogP contribution is 2.17. The molecule has 2 nitrogen and oxygen atoms in total. The van der Waals surface area contributed by atoms with Gasteiger partial charge in [0.2, 0.25) is 0 Å². The van der Waals surface area contributed by atoms with Crippen molar-refractivity contribution in [3.05, 3.63) is 29.8 Å². The summed E-state index contributed by atoms with van der Waals surface area (Å²) in [5, 5.41) is 0. The van der Waals surface area contributed by atoms with Crippen molar-refractivity contribution in [2.45, 2.75) is 39.7 Å². The van der Waals surface area contributed by atoms with Gasteiger partial charge < -0.3 is 10.5 Å². The standard InChI is InChI=1S/C14H23NO/c1-4-12(5-2)10-16-14-8-6-13(7-9-14)11(3)15/h6-9,11-12H,4-5,10,15H2,1-3H3/t11-/m1/s1. The summed E-state index contributed by atoms with van der Waals surface area (Å²) in [7, 11) is 0. The van der Waals surface area contributed by atoms with Crippen LogP contribution in [0.25, 0.3) is 0 Å². The molecule has 16 heavy (non-hydrogen) atoms. The molecule has 0 aliphatic rings. The Morgan fingerprint density at radius 3 is 2.12 bits per heavy atom. The highest BCUT2D eigenvalue weighted by atomic mass is 16.5. The number of rotatable bonds is 6. The first-order valence-electron chi connectivity index (χ1n) is 6.15. The summed E-state index contributed by atoms with van der Waals surface area (Å²) in [6.45, 7) is 7.21. The largest absolute Gasteiger partial charge is 0.493 e. The van der Waals surface area contributed by atoms with Gasteiger partial charge in [-0.25, -0.2) is 0 Å². The zero-order valence-corrected chi connectivity index (χ0v) is 10.6. The van der Waals surface area contributed by atoms with E-state index in [0.29, 0.717) is 5.92 Å². The molecule has 0 bridgehead atoms. The summed E-state index contributed by atoms with van der Waals surface area (Å²) in [6.07, 6.45) is 2.35. The molecule has 90 valence electrons. The fourth-order valence-corrected chi connectivity index (χ4v) is 1.61. The van der Waals surface area contributed by atoms with E-state index >= 15 is 0 Å². The summed E-state index contributed by atoms with van der Waals surface area (Å²) in [5.74, 6) is 1.60. The number of hydrogen-bond donors (Lipinski definition) is 1. The van der Waals surface area contributed by atoms with Crippen LogP contribution in [0.5, 0.6) is 5.75 Å². The zero-order chi connectivity index (χ0) is 12.0. The van der Waals surface area contributed by atoms with E-state index in [4.69, 9.17) is 10.5 Å². The van der Waals surface area contributed by atoms with Gasteiger partial charge in [0.15, 0.2) is 0 Å². The summed E-state index contributed by atoms with van der Waals surface area (Å²) < 4.78 is 5.74. The topological polar surface area (TPSA) is 35.2 Å². The maximum atomic E-state index is 5.79. The molecule has 0 amide bonds. The first-order valence-corrected chi connectivity index (χ1v) is 6.15. The van der Waals surface area contributed by atoms with Crippen LogP contribution >= 0.6 is 0 Å². The first-order chi connectivity index (χ1) is 7.67. The molecule has 0 aliphatic carbocycles. The van der Waals surface area contributed by atoms with Crippen LogP contribution < -0.4 is 10.5 Å². The Labute approximate surface area is 98.8 Å². The van der Waals surface area contributed by atoms with Gasteiger partial charge in [-0.2, -0.15) is 0 Å². The molecule has 0 saturated heterocycles. The van der Waals surface area contributed by atoms with E-state index in [1.807, 2.05) is 31.2 Å². The first kappa shape index (κ1) is 13.0. The Balaban J connectivity index is 2.49. The molecule has 0 saturated carbocycles. The van der Waals surface area contributed by atoms with E-state index in [-0.39, 0.29) is 6.04 Å². The van der Waals surface area contributed by atoms with E-state index in [0.717, 1.165) is 17.9 Å². The van der Waals surface area contributed by atoms with Crippen LogP contribution in [0.1, 0.15) is 45.2 Å². The fraction of sp³-hybridized carbons (Fsp3) is 0.571. The van der Waals surface area contributed by atoms with Crippen LogP contribution in [-0.4, -0.2) is 6.61 Å². The monoisotopic (exact) mass is 221 g/mol.